The number of nitrogens with zero attached hydrogens (tertiary/aromatic N) is 3. The third kappa shape index (κ3) is 4.54. The molecule has 4 aliphatic heterocycles. The van der Waals surface area contributed by atoms with Crippen molar-refractivity contribution in [2.75, 3.05) is 27.5 Å². The maximum atomic E-state index is 13.0. The lowest BCUT2D eigenvalue weighted by molar-refractivity contribution is -0.132. The lowest BCUT2D eigenvalue weighted by Crippen LogP contribution is -2.68. The molecule has 2 aromatic carbocycles. The van der Waals surface area contributed by atoms with E-state index in [0.29, 0.717) is 47.8 Å². The van der Waals surface area contributed by atoms with Crippen LogP contribution in [0, 0.1) is 31.1 Å². The van der Waals surface area contributed by atoms with E-state index < -0.39 is 18.1 Å². The van der Waals surface area contributed by atoms with Crippen LogP contribution in [-0.4, -0.2) is 72.4 Å². The van der Waals surface area contributed by atoms with Crippen molar-refractivity contribution in [1.82, 2.24) is 15.1 Å². The van der Waals surface area contributed by atoms with E-state index in [2.05, 4.69) is 27.3 Å². The Labute approximate surface area is 257 Å². The Morgan fingerprint density at radius 3 is 2.55 bits per heavy atom. The topological polar surface area (TPSA) is 134 Å². The van der Waals surface area contributed by atoms with Crippen molar-refractivity contribution in [2.45, 2.75) is 84.1 Å². The maximum Gasteiger partial charge on any atom is 0.308 e. The summed E-state index contributed by atoms with van der Waals surface area (Å²) in [6.45, 7) is 9.32. The van der Waals surface area contributed by atoms with Crippen molar-refractivity contribution in [2.24, 2.45) is 5.92 Å². The number of esters is 1. The summed E-state index contributed by atoms with van der Waals surface area (Å²) in [5.74, 6) is 1.62. The van der Waals surface area contributed by atoms with Gasteiger partial charge in [-0.2, -0.15) is 5.26 Å². The zero-order valence-electron chi connectivity index (χ0n) is 26.3. The molecule has 4 aliphatic rings. The van der Waals surface area contributed by atoms with Crippen molar-refractivity contribution in [3.63, 3.8) is 0 Å². The molecule has 0 aliphatic carbocycles. The highest BCUT2D eigenvalue weighted by Gasteiger charge is 2.56. The van der Waals surface area contributed by atoms with Crippen LogP contribution in [0.5, 0.6) is 28.7 Å². The Hall–Kier alpha value is -4.01. The molecule has 0 saturated carbocycles. The summed E-state index contributed by atoms with van der Waals surface area (Å²) in [5.41, 5.74) is 4.79. The van der Waals surface area contributed by atoms with Gasteiger partial charge in [0.15, 0.2) is 23.0 Å². The van der Waals surface area contributed by atoms with E-state index in [9.17, 15) is 20.0 Å². The van der Waals surface area contributed by atoms with E-state index in [-0.39, 0.29) is 49.0 Å². The molecule has 1 fully saturated rings. The number of rotatable bonds is 6. The van der Waals surface area contributed by atoms with Gasteiger partial charge in [-0.05, 0) is 50.8 Å². The summed E-state index contributed by atoms with van der Waals surface area (Å²) in [5, 5.41) is 25.5. The summed E-state index contributed by atoms with van der Waals surface area (Å²) in [6, 6.07) is 2.79. The first-order valence-electron chi connectivity index (χ1n) is 15.2. The van der Waals surface area contributed by atoms with E-state index >= 15 is 0 Å². The zero-order valence-corrected chi connectivity index (χ0v) is 26.3. The van der Waals surface area contributed by atoms with Crippen LogP contribution >= 0.6 is 0 Å². The van der Waals surface area contributed by atoms with Crippen LogP contribution in [0.25, 0.3) is 0 Å². The predicted octanol–water partition coefficient (Wildman–Crippen LogP) is 3.61. The van der Waals surface area contributed by atoms with E-state index in [0.717, 1.165) is 27.8 Å². The van der Waals surface area contributed by atoms with Gasteiger partial charge in [-0.3, -0.25) is 19.4 Å². The molecule has 2 N–H and O–H groups in total. The largest absolute Gasteiger partial charge is 0.504 e. The second-order valence-corrected chi connectivity index (χ2v) is 12.7. The molecule has 6 rings (SSSR count). The number of carbonyl (C=O) groups excluding carboxylic acids is 2. The van der Waals surface area contributed by atoms with Crippen LogP contribution in [-0.2, 0) is 22.4 Å². The summed E-state index contributed by atoms with van der Waals surface area (Å²) in [6.07, 6.45) is 1.33. The number of piperazine rings is 1. The van der Waals surface area contributed by atoms with E-state index in [1.54, 1.807) is 7.11 Å². The molecule has 2 bridgehead atoms. The molecule has 0 aromatic heterocycles. The second kappa shape index (κ2) is 11.2. The van der Waals surface area contributed by atoms with Crippen LogP contribution in [0.4, 0.5) is 0 Å². The third-order valence-corrected chi connectivity index (χ3v) is 9.60. The molecule has 11 heteroatoms. The lowest BCUT2D eigenvalue weighted by Gasteiger charge is -2.60. The number of likely N-dealkylation sites (N-methyl/N-ethyl adjacent to an activating group) is 1. The van der Waals surface area contributed by atoms with Crippen LogP contribution in [0.15, 0.2) is 6.07 Å². The monoisotopic (exact) mass is 604 g/mol. The number of carbonyl (C=O) groups is 2. The molecule has 2 unspecified atom stereocenters. The van der Waals surface area contributed by atoms with Gasteiger partial charge in [0, 0.05) is 54.2 Å². The first kappa shape index (κ1) is 30.0. The smallest absolute Gasteiger partial charge is 0.308 e. The number of nitriles is 1. The Morgan fingerprint density at radius 1 is 1.16 bits per heavy atom. The van der Waals surface area contributed by atoms with Crippen molar-refractivity contribution in [3.05, 3.63) is 39.4 Å². The number of aryl methyl sites for hydroxylation is 1. The number of nitrogens with one attached hydrogen (secondary N) is 1. The Bertz CT molecular complexity index is 1580. The summed E-state index contributed by atoms with van der Waals surface area (Å²) >= 11 is 0. The minimum atomic E-state index is -0.546. The van der Waals surface area contributed by atoms with Crippen molar-refractivity contribution in [3.8, 4) is 34.8 Å². The van der Waals surface area contributed by atoms with Gasteiger partial charge in [0.25, 0.3) is 0 Å². The summed E-state index contributed by atoms with van der Waals surface area (Å²) in [7, 11) is 3.55. The Morgan fingerprint density at radius 2 is 1.89 bits per heavy atom. The van der Waals surface area contributed by atoms with Crippen molar-refractivity contribution in [1.29, 1.82) is 5.26 Å². The average Bonchev–Trinajstić information content (AvgIpc) is 3.44. The molecule has 11 nitrogen and oxygen atoms in total. The molecule has 2 aromatic rings. The molecule has 0 radical (unpaired) electrons. The summed E-state index contributed by atoms with van der Waals surface area (Å²) < 4.78 is 23.5. The molecular formula is C33H40N4O7. The highest BCUT2D eigenvalue weighted by molar-refractivity contribution is 5.77. The molecule has 1 amide bonds. The fourth-order valence-corrected chi connectivity index (χ4v) is 7.96. The Balaban J connectivity index is 1.59. The first-order valence-corrected chi connectivity index (χ1v) is 15.2. The van der Waals surface area contributed by atoms with Gasteiger partial charge in [-0.1, -0.05) is 19.9 Å². The number of phenolic OH excluding ortho intramolecular Hbond substituents is 1. The van der Waals surface area contributed by atoms with E-state index in [4.69, 9.17) is 18.9 Å². The number of phenols is 1. The first-order chi connectivity index (χ1) is 21.0. The number of hydrogen-bond donors (Lipinski definition) is 2. The van der Waals surface area contributed by atoms with Crippen LogP contribution in [0.1, 0.15) is 72.7 Å². The van der Waals surface area contributed by atoms with Crippen LogP contribution in [0.3, 0.4) is 0 Å². The minimum Gasteiger partial charge on any atom is -0.504 e. The van der Waals surface area contributed by atoms with Crippen molar-refractivity contribution < 1.29 is 33.6 Å². The van der Waals surface area contributed by atoms with E-state index in [1.807, 2.05) is 34.7 Å². The fraction of sp³-hybridized carbons (Fsp3) is 0.545. The number of fused-ring (bicyclic) bond motifs is 9. The number of methoxy groups -OCH3 is 1. The van der Waals surface area contributed by atoms with Crippen LogP contribution in [0.2, 0.25) is 0 Å². The average molecular weight is 605 g/mol. The molecule has 4 heterocycles. The molecule has 234 valence electrons. The van der Waals surface area contributed by atoms with Gasteiger partial charge in [0.1, 0.15) is 11.8 Å². The highest BCUT2D eigenvalue weighted by atomic mass is 16.7. The Kier molecular flexibility index (Phi) is 7.62. The lowest BCUT2D eigenvalue weighted by atomic mass is 9.71. The molecular weight excluding hydrogens is 564 g/mol. The SMILES string of the molecule is COc1c(C)cc2c(c1O)[C@@H]1C3Cc4c(OC(C)=O)c(C)c5c(c4[C@H](CNC(=O)CC(C)C)N3C(C#N)[C@H](C2)N1C)OCO5. The van der Waals surface area contributed by atoms with Gasteiger partial charge < -0.3 is 29.4 Å². The molecule has 1 saturated heterocycles. The second-order valence-electron chi connectivity index (χ2n) is 12.7. The standard InChI is InChI=1S/C33H40N4O7/c1-15(2)8-25(39)35-13-24-27-20(31(44-18(5)38)17(4)32-33(27)43-14-42-32)11-22-28-26-19(9-16(3)30(41-7)29(26)40)10-21(36(28)6)23(12-34)37(22)24/h9,15,21-24,28,40H,8,10-11,13-14H2,1-7H3,(H,35,39)/t21-,22?,23?,24-,28-/m0/s1. The number of ether oxygens (including phenoxy) is 4. The number of amides is 1. The minimum absolute atomic E-state index is 0.0120. The highest BCUT2D eigenvalue weighted by Crippen LogP contribution is 2.58. The summed E-state index contributed by atoms with van der Waals surface area (Å²) in [4.78, 5) is 29.8. The number of benzene rings is 2. The number of hydrogen-bond acceptors (Lipinski definition) is 10. The van der Waals surface area contributed by atoms with E-state index in [1.165, 1.54) is 6.92 Å². The van der Waals surface area contributed by atoms with Gasteiger partial charge in [0.2, 0.25) is 12.7 Å². The van der Waals surface area contributed by atoms with Gasteiger partial charge >= 0.3 is 5.97 Å². The van der Waals surface area contributed by atoms with Crippen LogP contribution < -0.4 is 24.3 Å². The van der Waals surface area contributed by atoms with Gasteiger partial charge in [0.05, 0.1) is 25.3 Å². The van der Waals surface area contributed by atoms with Crippen molar-refractivity contribution >= 4 is 11.9 Å². The predicted molar refractivity (Wildman–Crippen MR) is 160 cm³/mol. The molecule has 0 spiro atoms. The maximum absolute atomic E-state index is 13.0. The zero-order chi connectivity index (χ0) is 31.6. The third-order valence-electron chi connectivity index (χ3n) is 9.60. The normalized spacial score (nSPS) is 25.0. The number of aromatic hydroxyl groups is 1. The van der Waals surface area contributed by atoms with Gasteiger partial charge in [-0.25, -0.2) is 0 Å². The molecule has 44 heavy (non-hydrogen) atoms. The molecule has 5 atom stereocenters. The van der Waals surface area contributed by atoms with Gasteiger partial charge in [-0.15, -0.1) is 0 Å². The quantitative estimate of drug-likeness (QED) is 0.372. The fourth-order valence-electron chi connectivity index (χ4n) is 7.96.